The zero-order valence-electron chi connectivity index (χ0n) is 9.96. The lowest BCUT2D eigenvalue weighted by atomic mass is 10.3. The van der Waals surface area contributed by atoms with E-state index in [4.69, 9.17) is 0 Å². The standard InChI is InChI=1S/C11H18BrN3O/c1-13-5-4-6-14(2)11(16)10-7-9(12)8-15(10)3/h7-8,13H,4-6H2,1-3H3. The van der Waals surface area contributed by atoms with Crippen molar-refractivity contribution >= 4 is 21.8 Å². The summed E-state index contributed by atoms with van der Waals surface area (Å²) in [5, 5.41) is 3.07. The fraction of sp³-hybridized carbons (Fsp3) is 0.545. The molecule has 0 aromatic carbocycles. The monoisotopic (exact) mass is 287 g/mol. The lowest BCUT2D eigenvalue weighted by Gasteiger charge is -2.17. The number of carbonyl (C=O) groups is 1. The Labute approximate surface area is 105 Å². The molecule has 1 heterocycles. The van der Waals surface area contributed by atoms with Gasteiger partial charge in [-0.1, -0.05) is 0 Å². The van der Waals surface area contributed by atoms with Gasteiger partial charge in [-0.05, 0) is 42.0 Å². The molecule has 1 aromatic heterocycles. The van der Waals surface area contributed by atoms with Crippen LogP contribution in [-0.4, -0.2) is 42.6 Å². The van der Waals surface area contributed by atoms with Crippen molar-refractivity contribution in [1.29, 1.82) is 0 Å². The second-order valence-corrected chi connectivity index (χ2v) is 4.75. The van der Waals surface area contributed by atoms with E-state index in [1.165, 1.54) is 0 Å². The predicted octanol–water partition coefficient (Wildman–Crippen LogP) is 1.47. The molecule has 4 nitrogen and oxygen atoms in total. The van der Waals surface area contributed by atoms with E-state index in [0.717, 1.165) is 24.0 Å². The summed E-state index contributed by atoms with van der Waals surface area (Å²) in [7, 11) is 5.62. The van der Waals surface area contributed by atoms with Crippen LogP contribution in [0.15, 0.2) is 16.7 Å². The maximum atomic E-state index is 12.0. The van der Waals surface area contributed by atoms with Crippen molar-refractivity contribution in [3.05, 3.63) is 22.4 Å². The van der Waals surface area contributed by atoms with Gasteiger partial charge in [0.2, 0.25) is 0 Å². The molecule has 0 aliphatic heterocycles. The first-order chi connectivity index (χ1) is 7.56. The van der Waals surface area contributed by atoms with Crippen molar-refractivity contribution in [2.75, 3.05) is 27.2 Å². The Balaban J connectivity index is 2.60. The summed E-state index contributed by atoms with van der Waals surface area (Å²) >= 11 is 3.36. The average molecular weight is 288 g/mol. The highest BCUT2D eigenvalue weighted by Crippen LogP contribution is 2.14. The fourth-order valence-corrected chi connectivity index (χ4v) is 2.05. The van der Waals surface area contributed by atoms with Crippen molar-refractivity contribution in [2.45, 2.75) is 6.42 Å². The van der Waals surface area contributed by atoms with Crippen molar-refractivity contribution in [1.82, 2.24) is 14.8 Å². The van der Waals surface area contributed by atoms with Crippen LogP contribution in [0.5, 0.6) is 0 Å². The third-order valence-corrected chi connectivity index (χ3v) is 2.89. The van der Waals surface area contributed by atoms with Gasteiger partial charge in [0.05, 0.1) is 0 Å². The van der Waals surface area contributed by atoms with E-state index in [1.807, 2.05) is 38.0 Å². The molecule has 1 N–H and O–H groups in total. The van der Waals surface area contributed by atoms with Crippen LogP contribution in [-0.2, 0) is 7.05 Å². The molecule has 5 heteroatoms. The summed E-state index contributed by atoms with van der Waals surface area (Å²) in [5.41, 5.74) is 0.707. The molecule has 0 spiro atoms. The molecule has 0 bridgehead atoms. The molecule has 0 aliphatic rings. The van der Waals surface area contributed by atoms with Gasteiger partial charge in [-0.2, -0.15) is 0 Å². The second-order valence-electron chi connectivity index (χ2n) is 3.84. The maximum Gasteiger partial charge on any atom is 0.270 e. The minimum Gasteiger partial charge on any atom is -0.345 e. The van der Waals surface area contributed by atoms with Crippen LogP contribution in [0.3, 0.4) is 0 Å². The Hall–Kier alpha value is -0.810. The topological polar surface area (TPSA) is 37.3 Å². The van der Waals surface area contributed by atoms with Gasteiger partial charge >= 0.3 is 0 Å². The SMILES string of the molecule is CNCCCN(C)C(=O)c1cc(Br)cn1C. The Morgan fingerprint density at radius 3 is 2.81 bits per heavy atom. The molecule has 0 saturated carbocycles. The van der Waals surface area contributed by atoms with Gasteiger partial charge in [-0.3, -0.25) is 4.79 Å². The van der Waals surface area contributed by atoms with Gasteiger partial charge in [0.15, 0.2) is 0 Å². The van der Waals surface area contributed by atoms with Crippen LogP contribution in [0.25, 0.3) is 0 Å². The Kier molecular flexibility index (Phi) is 5.02. The Morgan fingerprint density at radius 1 is 1.62 bits per heavy atom. The first kappa shape index (κ1) is 13.3. The number of hydrogen-bond donors (Lipinski definition) is 1. The molecule has 16 heavy (non-hydrogen) atoms. The van der Waals surface area contributed by atoms with Gasteiger partial charge in [-0.15, -0.1) is 0 Å². The molecule has 0 saturated heterocycles. The fourth-order valence-electron chi connectivity index (χ4n) is 1.53. The lowest BCUT2D eigenvalue weighted by molar-refractivity contribution is 0.0784. The van der Waals surface area contributed by atoms with Crippen LogP contribution in [0, 0.1) is 0 Å². The molecule has 0 fully saturated rings. The summed E-state index contributed by atoms with van der Waals surface area (Å²) in [6.07, 6.45) is 2.85. The summed E-state index contributed by atoms with van der Waals surface area (Å²) in [6.45, 7) is 1.69. The first-order valence-corrected chi connectivity index (χ1v) is 6.07. The number of halogens is 1. The quantitative estimate of drug-likeness (QED) is 0.833. The normalized spacial score (nSPS) is 10.5. The predicted molar refractivity (Wildman–Crippen MR) is 68.6 cm³/mol. The zero-order valence-corrected chi connectivity index (χ0v) is 11.5. The zero-order chi connectivity index (χ0) is 12.1. The molecule has 1 amide bonds. The molecule has 0 radical (unpaired) electrons. The van der Waals surface area contributed by atoms with Gasteiger partial charge in [0.1, 0.15) is 5.69 Å². The molecule has 1 aromatic rings. The van der Waals surface area contributed by atoms with E-state index in [9.17, 15) is 4.79 Å². The smallest absolute Gasteiger partial charge is 0.270 e. The Morgan fingerprint density at radius 2 is 2.31 bits per heavy atom. The highest BCUT2D eigenvalue weighted by Gasteiger charge is 2.14. The van der Waals surface area contributed by atoms with E-state index in [0.29, 0.717) is 5.69 Å². The van der Waals surface area contributed by atoms with Gasteiger partial charge in [0.25, 0.3) is 5.91 Å². The molecular formula is C11H18BrN3O. The molecular weight excluding hydrogens is 270 g/mol. The second kappa shape index (κ2) is 6.06. The number of nitrogens with zero attached hydrogens (tertiary/aromatic N) is 2. The van der Waals surface area contributed by atoms with Gasteiger partial charge in [0, 0.05) is 31.3 Å². The molecule has 0 atom stereocenters. The first-order valence-electron chi connectivity index (χ1n) is 5.28. The minimum absolute atomic E-state index is 0.0595. The van der Waals surface area contributed by atoms with Crippen molar-refractivity contribution in [2.24, 2.45) is 7.05 Å². The molecule has 0 unspecified atom stereocenters. The van der Waals surface area contributed by atoms with Crippen LogP contribution in [0.2, 0.25) is 0 Å². The van der Waals surface area contributed by atoms with Crippen LogP contribution in [0.4, 0.5) is 0 Å². The van der Waals surface area contributed by atoms with Crippen molar-refractivity contribution in [3.8, 4) is 0 Å². The van der Waals surface area contributed by atoms with E-state index in [-0.39, 0.29) is 5.91 Å². The number of rotatable bonds is 5. The summed E-state index contributed by atoms with van der Waals surface area (Å²) in [4.78, 5) is 13.8. The van der Waals surface area contributed by atoms with E-state index in [1.54, 1.807) is 4.90 Å². The van der Waals surface area contributed by atoms with Gasteiger partial charge in [-0.25, -0.2) is 0 Å². The number of carbonyl (C=O) groups excluding carboxylic acids is 1. The molecule has 1 rings (SSSR count). The Bertz CT molecular complexity index is 362. The lowest BCUT2D eigenvalue weighted by Crippen LogP contribution is -2.30. The average Bonchev–Trinajstić information content (AvgIpc) is 2.57. The number of amides is 1. The van der Waals surface area contributed by atoms with Crippen LogP contribution in [0.1, 0.15) is 16.9 Å². The molecule has 90 valence electrons. The van der Waals surface area contributed by atoms with E-state index < -0.39 is 0 Å². The van der Waals surface area contributed by atoms with Crippen LogP contribution < -0.4 is 5.32 Å². The number of aryl methyl sites for hydroxylation is 1. The largest absolute Gasteiger partial charge is 0.345 e. The third-order valence-electron chi connectivity index (χ3n) is 2.46. The summed E-state index contributed by atoms with van der Waals surface area (Å²) in [5.74, 6) is 0.0595. The van der Waals surface area contributed by atoms with Crippen molar-refractivity contribution < 1.29 is 4.79 Å². The summed E-state index contributed by atoms with van der Waals surface area (Å²) in [6, 6.07) is 1.84. The van der Waals surface area contributed by atoms with E-state index in [2.05, 4.69) is 21.2 Å². The van der Waals surface area contributed by atoms with Crippen LogP contribution >= 0.6 is 15.9 Å². The highest BCUT2D eigenvalue weighted by atomic mass is 79.9. The van der Waals surface area contributed by atoms with Crippen molar-refractivity contribution in [3.63, 3.8) is 0 Å². The summed E-state index contributed by atoms with van der Waals surface area (Å²) < 4.78 is 2.77. The third kappa shape index (κ3) is 3.35. The molecule has 0 aliphatic carbocycles. The van der Waals surface area contributed by atoms with Gasteiger partial charge < -0.3 is 14.8 Å². The number of nitrogens with one attached hydrogen (secondary N) is 1. The van der Waals surface area contributed by atoms with E-state index >= 15 is 0 Å². The maximum absolute atomic E-state index is 12.0. The minimum atomic E-state index is 0.0595. The highest BCUT2D eigenvalue weighted by molar-refractivity contribution is 9.10. The number of aromatic nitrogens is 1. The number of hydrogen-bond acceptors (Lipinski definition) is 2.